The Morgan fingerprint density at radius 3 is 2.50 bits per heavy atom. The van der Waals surface area contributed by atoms with Crippen LogP contribution in [0.5, 0.6) is 0 Å². The van der Waals surface area contributed by atoms with Gasteiger partial charge in [-0.1, -0.05) is 0 Å². The molecule has 0 saturated carbocycles. The molecule has 3 aromatic rings. The van der Waals surface area contributed by atoms with Crippen LogP contribution in [0.15, 0.2) is 42.6 Å². The lowest BCUT2D eigenvalue weighted by Gasteiger charge is -2.27. The topological polar surface area (TPSA) is 89.1 Å². The monoisotopic (exact) mass is 324 g/mol. The van der Waals surface area contributed by atoms with E-state index < -0.39 is 4.92 Å². The van der Waals surface area contributed by atoms with Crippen LogP contribution in [0.1, 0.15) is 0 Å². The number of benzene rings is 1. The molecule has 122 valence electrons. The minimum atomic E-state index is -0.390. The maximum Gasteiger partial charge on any atom is 0.270 e. The van der Waals surface area contributed by atoms with Crippen LogP contribution in [0.3, 0.4) is 0 Å². The molecule has 8 nitrogen and oxygen atoms in total. The van der Waals surface area contributed by atoms with Crippen molar-refractivity contribution < 1.29 is 4.92 Å². The van der Waals surface area contributed by atoms with Crippen LogP contribution in [0.25, 0.3) is 16.7 Å². The fraction of sp³-hybridized carbons (Fsp3) is 0.250. The maximum atomic E-state index is 10.9. The molecule has 0 atom stereocenters. The summed E-state index contributed by atoms with van der Waals surface area (Å²) in [7, 11) is 0. The molecule has 2 aromatic heterocycles. The highest BCUT2D eigenvalue weighted by molar-refractivity contribution is 5.83. The van der Waals surface area contributed by atoms with Gasteiger partial charge in [0, 0.05) is 49.9 Å². The smallest absolute Gasteiger partial charge is 0.270 e. The quantitative estimate of drug-likeness (QED) is 0.583. The summed E-state index contributed by atoms with van der Waals surface area (Å²) in [5, 5.41) is 23.6. The summed E-state index contributed by atoms with van der Waals surface area (Å²) in [5.41, 5.74) is 0.949. The van der Waals surface area contributed by atoms with E-state index in [1.807, 2.05) is 29.0 Å². The zero-order valence-corrected chi connectivity index (χ0v) is 12.9. The van der Waals surface area contributed by atoms with Gasteiger partial charge < -0.3 is 10.2 Å². The summed E-state index contributed by atoms with van der Waals surface area (Å²) in [4.78, 5) is 12.7. The molecule has 8 heteroatoms. The van der Waals surface area contributed by atoms with E-state index in [-0.39, 0.29) is 5.69 Å². The van der Waals surface area contributed by atoms with Crippen molar-refractivity contribution in [1.29, 1.82) is 0 Å². The van der Waals surface area contributed by atoms with E-state index in [1.54, 1.807) is 12.1 Å². The highest BCUT2D eigenvalue weighted by atomic mass is 16.6. The molecule has 0 unspecified atom stereocenters. The molecule has 3 heterocycles. The third-order valence-corrected chi connectivity index (χ3v) is 4.21. The number of anilines is 1. The van der Waals surface area contributed by atoms with Gasteiger partial charge in [-0.05, 0) is 24.3 Å². The first-order valence-electron chi connectivity index (χ1n) is 7.78. The van der Waals surface area contributed by atoms with Crippen molar-refractivity contribution in [3.8, 4) is 5.82 Å². The molecular weight excluding hydrogens is 308 g/mol. The fourth-order valence-corrected chi connectivity index (χ4v) is 2.95. The maximum absolute atomic E-state index is 10.9. The number of nitrogens with zero attached hydrogens (tertiary/aromatic N) is 5. The standard InChI is InChI=1S/C16H16N6O2/c23-22(24)13-1-2-14-12(11-13)5-8-21(14)16-4-3-15(18-19-16)20-9-6-17-7-10-20/h1-5,8,11,17H,6-7,9-10H2. The summed E-state index contributed by atoms with van der Waals surface area (Å²) >= 11 is 0. The van der Waals surface area contributed by atoms with Crippen LogP contribution >= 0.6 is 0 Å². The molecule has 0 amide bonds. The molecule has 1 saturated heterocycles. The third-order valence-electron chi connectivity index (χ3n) is 4.21. The number of nitro benzene ring substituents is 1. The van der Waals surface area contributed by atoms with Crippen LogP contribution in [0.2, 0.25) is 0 Å². The van der Waals surface area contributed by atoms with Gasteiger partial charge >= 0.3 is 0 Å². The van der Waals surface area contributed by atoms with Gasteiger partial charge in [0.1, 0.15) is 0 Å². The van der Waals surface area contributed by atoms with E-state index in [9.17, 15) is 10.1 Å². The number of fused-ring (bicyclic) bond motifs is 1. The number of non-ortho nitro benzene ring substituents is 1. The Kier molecular flexibility index (Phi) is 3.58. The molecule has 0 radical (unpaired) electrons. The lowest BCUT2D eigenvalue weighted by atomic mass is 10.2. The number of aromatic nitrogens is 3. The Morgan fingerprint density at radius 1 is 1.04 bits per heavy atom. The van der Waals surface area contributed by atoms with E-state index in [0.29, 0.717) is 5.82 Å². The van der Waals surface area contributed by atoms with Crippen LogP contribution < -0.4 is 10.2 Å². The van der Waals surface area contributed by atoms with Gasteiger partial charge in [0.15, 0.2) is 11.6 Å². The summed E-state index contributed by atoms with van der Waals surface area (Å²) in [6, 6.07) is 10.5. The SMILES string of the molecule is O=[N+]([O-])c1ccc2c(ccn2-c2ccc(N3CCNCC3)nn2)c1. The molecule has 0 aliphatic carbocycles. The zero-order chi connectivity index (χ0) is 16.5. The van der Waals surface area contributed by atoms with E-state index in [1.165, 1.54) is 6.07 Å². The first-order valence-corrected chi connectivity index (χ1v) is 7.78. The molecule has 1 aliphatic rings. The molecule has 1 N–H and O–H groups in total. The number of piperazine rings is 1. The predicted octanol–water partition coefficient (Wildman–Crippen LogP) is 1.74. The molecule has 0 bridgehead atoms. The average Bonchev–Trinajstić information content (AvgIpc) is 3.06. The van der Waals surface area contributed by atoms with E-state index in [4.69, 9.17) is 0 Å². The molecular formula is C16H16N6O2. The minimum Gasteiger partial charge on any atom is -0.353 e. The van der Waals surface area contributed by atoms with Crippen molar-refractivity contribution in [3.05, 3.63) is 52.7 Å². The number of hydrogen-bond donors (Lipinski definition) is 1. The van der Waals surface area contributed by atoms with Gasteiger partial charge in [-0.25, -0.2) is 0 Å². The van der Waals surface area contributed by atoms with Gasteiger partial charge in [0.2, 0.25) is 0 Å². The number of nitro groups is 1. The van der Waals surface area contributed by atoms with Crippen LogP contribution in [-0.4, -0.2) is 45.9 Å². The molecule has 0 spiro atoms. The van der Waals surface area contributed by atoms with Gasteiger partial charge in [-0.3, -0.25) is 14.7 Å². The van der Waals surface area contributed by atoms with E-state index in [2.05, 4.69) is 20.4 Å². The molecule has 1 aromatic carbocycles. The van der Waals surface area contributed by atoms with Crippen molar-refractivity contribution in [2.24, 2.45) is 0 Å². The number of hydrogen-bond acceptors (Lipinski definition) is 6. The fourth-order valence-electron chi connectivity index (χ4n) is 2.95. The van der Waals surface area contributed by atoms with Crippen LogP contribution in [-0.2, 0) is 0 Å². The first kappa shape index (κ1) is 14.6. The third kappa shape index (κ3) is 2.56. The van der Waals surface area contributed by atoms with Crippen LogP contribution in [0, 0.1) is 10.1 Å². The molecule has 1 fully saturated rings. The summed E-state index contributed by atoms with van der Waals surface area (Å²) in [6.45, 7) is 3.74. The number of rotatable bonds is 3. The van der Waals surface area contributed by atoms with Crippen molar-refractivity contribution >= 4 is 22.4 Å². The Labute approximate surface area is 137 Å². The Hall–Kier alpha value is -3.00. The summed E-state index contributed by atoms with van der Waals surface area (Å²) in [6.07, 6.45) is 1.85. The second kappa shape index (κ2) is 5.89. The van der Waals surface area contributed by atoms with Gasteiger partial charge in [0.05, 0.1) is 10.4 Å². The predicted molar refractivity (Wildman–Crippen MR) is 90.6 cm³/mol. The van der Waals surface area contributed by atoms with Crippen molar-refractivity contribution in [2.75, 3.05) is 31.1 Å². The highest BCUT2D eigenvalue weighted by Gasteiger charge is 2.13. The second-order valence-electron chi connectivity index (χ2n) is 5.67. The van der Waals surface area contributed by atoms with Crippen molar-refractivity contribution in [3.63, 3.8) is 0 Å². The van der Waals surface area contributed by atoms with Crippen molar-refractivity contribution in [2.45, 2.75) is 0 Å². The van der Waals surface area contributed by atoms with Crippen LogP contribution in [0.4, 0.5) is 11.5 Å². The average molecular weight is 324 g/mol. The lowest BCUT2D eigenvalue weighted by Crippen LogP contribution is -2.43. The van der Waals surface area contributed by atoms with Crippen molar-refractivity contribution in [1.82, 2.24) is 20.1 Å². The van der Waals surface area contributed by atoms with E-state index in [0.717, 1.165) is 42.9 Å². The Balaban J connectivity index is 1.66. The first-order chi connectivity index (χ1) is 11.7. The molecule has 4 rings (SSSR count). The van der Waals surface area contributed by atoms with Gasteiger partial charge in [-0.2, -0.15) is 0 Å². The van der Waals surface area contributed by atoms with Gasteiger partial charge in [-0.15, -0.1) is 10.2 Å². The van der Waals surface area contributed by atoms with Gasteiger partial charge in [0.25, 0.3) is 5.69 Å². The van der Waals surface area contributed by atoms with E-state index >= 15 is 0 Å². The molecule has 24 heavy (non-hydrogen) atoms. The summed E-state index contributed by atoms with van der Waals surface area (Å²) in [5.74, 6) is 1.56. The highest BCUT2D eigenvalue weighted by Crippen LogP contribution is 2.24. The summed E-state index contributed by atoms with van der Waals surface area (Å²) < 4.78 is 1.88. The lowest BCUT2D eigenvalue weighted by molar-refractivity contribution is -0.384. The molecule has 1 aliphatic heterocycles. The Bertz CT molecular complexity index is 883. The zero-order valence-electron chi connectivity index (χ0n) is 12.9. The number of nitrogens with one attached hydrogen (secondary N) is 1. The largest absolute Gasteiger partial charge is 0.353 e. The second-order valence-corrected chi connectivity index (χ2v) is 5.67. The normalized spacial score (nSPS) is 14.9. The Morgan fingerprint density at radius 2 is 1.79 bits per heavy atom. The minimum absolute atomic E-state index is 0.0837.